The molecule has 69 heavy (non-hydrogen) atoms. The number of unbranched alkanes of at least 4 members (excludes halogenated alkanes) is 36. The summed E-state index contributed by atoms with van der Waals surface area (Å²) in [5.41, 5.74) is 0. The molecule has 0 fully saturated rings. The van der Waals surface area contributed by atoms with Crippen molar-refractivity contribution in [2.75, 3.05) is 6.61 Å². The minimum absolute atomic E-state index is 0.344. The molecule has 4 atom stereocenters. The van der Waals surface area contributed by atoms with Crippen LogP contribution in [0.2, 0.25) is 0 Å². The molecule has 0 aliphatic rings. The lowest BCUT2D eigenvalue weighted by Crippen LogP contribution is -2.53. The zero-order valence-electron chi connectivity index (χ0n) is 45.8. The van der Waals surface area contributed by atoms with Gasteiger partial charge in [-0.2, -0.15) is 0 Å². The number of aliphatic hydroxyl groups is 4. The SMILES string of the molecule is CCCCCCCCCCC/C=C\C/C=C\CCCCCCCCC(O)C(=O)NC(CO)C(O)C(O)CCC/C=C/CC/C=C/CC/C=C/CCCCCCCCCCCCCCCCCCCC. The van der Waals surface area contributed by atoms with Gasteiger partial charge in [-0.1, -0.05) is 267 Å². The van der Waals surface area contributed by atoms with E-state index in [1.807, 2.05) is 0 Å². The van der Waals surface area contributed by atoms with Crippen molar-refractivity contribution in [2.45, 2.75) is 327 Å². The number of carbonyl (C=O) groups is 1. The topological polar surface area (TPSA) is 110 Å². The summed E-state index contributed by atoms with van der Waals surface area (Å²) in [7, 11) is 0. The van der Waals surface area contributed by atoms with Crippen LogP contribution < -0.4 is 5.32 Å². The first kappa shape index (κ1) is 67.0. The summed E-state index contributed by atoms with van der Waals surface area (Å²) in [6, 6.07) is -1.02. The fourth-order valence-electron chi connectivity index (χ4n) is 9.18. The summed E-state index contributed by atoms with van der Waals surface area (Å²) in [4.78, 5) is 12.6. The minimum atomic E-state index is -1.30. The molecule has 0 heterocycles. The number of allylic oxidation sites excluding steroid dienone is 10. The highest BCUT2D eigenvalue weighted by molar-refractivity contribution is 5.80. The third-order valence-electron chi connectivity index (χ3n) is 13.9. The van der Waals surface area contributed by atoms with Gasteiger partial charge in [0.2, 0.25) is 5.91 Å². The number of aliphatic hydroxyl groups excluding tert-OH is 4. The van der Waals surface area contributed by atoms with E-state index in [1.54, 1.807) is 0 Å². The zero-order valence-corrected chi connectivity index (χ0v) is 45.8. The van der Waals surface area contributed by atoms with Crippen molar-refractivity contribution in [3.63, 3.8) is 0 Å². The smallest absolute Gasteiger partial charge is 0.249 e. The number of amides is 1. The summed E-state index contributed by atoms with van der Waals surface area (Å²) in [6.45, 7) is 4.06. The van der Waals surface area contributed by atoms with Crippen LogP contribution in [0.15, 0.2) is 60.8 Å². The zero-order chi connectivity index (χ0) is 50.2. The molecule has 1 amide bonds. The van der Waals surface area contributed by atoms with E-state index >= 15 is 0 Å². The molecule has 0 saturated carbocycles. The van der Waals surface area contributed by atoms with Crippen LogP contribution >= 0.6 is 0 Å². The van der Waals surface area contributed by atoms with Gasteiger partial charge >= 0.3 is 0 Å². The molecule has 0 bridgehead atoms. The van der Waals surface area contributed by atoms with Crippen LogP contribution in [-0.2, 0) is 4.79 Å². The minimum Gasteiger partial charge on any atom is -0.394 e. The van der Waals surface area contributed by atoms with Gasteiger partial charge in [-0.3, -0.25) is 4.79 Å². The Kier molecular flexibility index (Phi) is 55.3. The normalized spacial score (nSPS) is 14.1. The van der Waals surface area contributed by atoms with Crippen molar-refractivity contribution in [3.8, 4) is 0 Å². The van der Waals surface area contributed by atoms with Crippen molar-refractivity contribution in [1.29, 1.82) is 0 Å². The number of nitrogens with one attached hydrogen (secondary N) is 1. The van der Waals surface area contributed by atoms with Crippen LogP contribution in [0, 0.1) is 0 Å². The molecule has 404 valence electrons. The van der Waals surface area contributed by atoms with Gasteiger partial charge in [-0.05, 0) is 96.3 Å². The maximum absolute atomic E-state index is 12.6. The first-order valence-corrected chi connectivity index (χ1v) is 30.2. The molecule has 6 heteroatoms. The van der Waals surface area contributed by atoms with Crippen LogP contribution in [0.5, 0.6) is 0 Å². The average Bonchev–Trinajstić information content (AvgIpc) is 3.35. The molecule has 0 rings (SSSR count). The summed E-state index contributed by atoms with van der Waals surface area (Å²) < 4.78 is 0. The fraction of sp³-hybridized carbons (Fsp3) is 0.825. The van der Waals surface area contributed by atoms with Gasteiger partial charge in [-0.15, -0.1) is 0 Å². The van der Waals surface area contributed by atoms with Crippen LogP contribution in [0.25, 0.3) is 0 Å². The third-order valence-corrected chi connectivity index (χ3v) is 13.9. The molecule has 0 aromatic carbocycles. The molecule has 0 radical (unpaired) electrons. The number of rotatable bonds is 55. The maximum atomic E-state index is 12.6. The van der Waals surface area contributed by atoms with Gasteiger partial charge in [0, 0.05) is 0 Å². The van der Waals surface area contributed by atoms with Crippen LogP contribution in [-0.4, -0.2) is 57.3 Å². The Bertz CT molecular complexity index is 1180. The number of hydrogen-bond acceptors (Lipinski definition) is 5. The summed E-state index contributed by atoms with van der Waals surface area (Å²) in [5.74, 6) is -0.607. The molecular formula is C63H117NO5. The Morgan fingerprint density at radius 1 is 0.362 bits per heavy atom. The van der Waals surface area contributed by atoms with E-state index in [9.17, 15) is 25.2 Å². The molecule has 5 N–H and O–H groups in total. The van der Waals surface area contributed by atoms with Crippen molar-refractivity contribution < 1.29 is 25.2 Å². The average molecular weight is 969 g/mol. The maximum Gasteiger partial charge on any atom is 0.249 e. The van der Waals surface area contributed by atoms with Crippen LogP contribution in [0.1, 0.15) is 303 Å². The lowest BCUT2D eigenvalue weighted by molar-refractivity contribution is -0.132. The first-order valence-electron chi connectivity index (χ1n) is 30.2. The fourth-order valence-corrected chi connectivity index (χ4v) is 9.18. The second kappa shape index (κ2) is 56.9. The molecule has 6 nitrogen and oxygen atoms in total. The van der Waals surface area contributed by atoms with Crippen molar-refractivity contribution in [2.24, 2.45) is 0 Å². The highest BCUT2D eigenvalue weighted by Crippen LogP contribution is 2.17. The standard InChI is InChI=1S/C63H117NO5/c1-3-5-7-9-11-13-15-17-19-21-23-25-27-28-29-30-31-32-33-34-35-37-38-40-42-44-46-48-50-52-54-56-60(66)62(68)59(58-65)64-63(69)61(67)57-55-53-51-49-47-45-43-41-39-36-26-24-22-20-18-16-14-12-10-8-6-4-2/h24,26,34-35,39-42,48,50,59-62,65-68H,3-23,25,27-33,36-38,43-47,49,51-58H2,1-2H3,(H,64,69)/b26-24-,35-34+,41-39-,42-40+,50-48+. The molecular weight excluding hydrogens is 851 g/mol. The first-order chi connectivity index (χ1) is 34.0. The van der Waals surface area contributed by atoms with Crippen LogP contribution in [0.3, 0.4) is 0 Å². The molecule has 0 aliphatic heterocycles. The predicted molar refractivity (Wildman–Crippen MR) is 302 cm³/mol. The van der Waals surface area contributed by atoms with Crippen molar-refractivity contribution >= 4 is 5.91 Å². The van der Waals surface area contributed by atoms with Crippen molar-refractivity contribution in [3.05, 3.63) is 60.8 Å². The molecule has 0 aromatic rings. The monoisotopic (exact) mass is 968 g/mol. The van der Waals surface area contributed by atoms with E-state index in [2.05, 4.69) is 79.9 Å². The van der Waals surface area contributed by atoms with E-state index in [0.717, 1.165) is 70.6 Å². The largest absolute Gasteiger partial charge is 0.394 e. The van der Waals surface area contributed by atoms with Crippen LogP contribution in [0.4, 0.5) is 0 Å². The van der Waals surface area contributed by atoms with E-state index in [0.29, 0.717) is 19.3 Å². The molecule has 0 aliphatic carbocycles. The van der Waals surface area contributed by atoms with Gasteiger partial charge in [0.25, 0.3) is 0 Å². The Labute approximate surface area is 429 Å². The van der Waals surface area contributed by atoms with E-state index in [-0.39, 0.29) is 0 Å². The predicted octanol–water partition coefficient (Wildman–Crippen LogP) is 17.9. The van der Waals surface area contributed by atoms with E-state index in [1.165, 1.54) is 199 Å². The third kappa shape index (κ3) is 50.7. The number of carbonyl (C=O) groups excluding carboxylic acids is 1. The lowest BCUT2D eigenvalue weighted by Gasteiger charge is -2.27. The van der Waals surface area contributed by atoms with Gasteiger partial charge in [0.1, 0.15) is 12.2 Å². The second-order valence-electron chi connectivity index (χ2n) is 20.7. The highest BCUT2D eigenvalue weighted by Gasteiger charge is 2.28. The van der Waals surface area contributed by atoms with Gasteiger partial charge < -0.3 is 25.7 Å². The Morgan fingerprint density at radius 3 is 1.00 bits per heavy atom. The molecule has 0 aromatic heterocycles. The van der Waals surface area contributed by atoms with E-state index < -0.39 is 36.9 Å². The van der Waals surface area contributed by atoms with E-state index in [4.69, 9.17) is 0 Å². The molecule has 0 saturated heterocycles. The second-order valence-corrected chi connectivity index (χ2v) is 20.7. The Morgan fingerprint density at radius 2 is 0.652 bits per heavy atom. The summed E-state index contributed by atoms with van der Waals surface area (Å²) >= 11 is 0. The summed E-state index contributed by atoms with van der Waals surface area (Å²) in [6.07, 6.45) is 74.5. The number of hydrogen-bond donors (Lipinski definition) is 5. The van der Waals surface area contributed by atoms with Gasteiger partial charge in [-0.25, -0.2) is 0 Å². The Hall–Kier alpha value is -1.99. The highest BCUT2D eigenvalue weighted by atomic mass is 16.3. The Balaban J connectivity index is 3.71. The molecule has 4 unspecified atom stereocenters. The summed E-state index contributed by atoms with van der Waals surface area (Å²) in [5, 5.41) is 44.0. The molecule has 0 spiro atoms. The van der Waals surface area contributed by atoms with Gasteiger partial charge in [0.05, 0.1) is 18.8 Å². The lowest BCUT2D eigenvalue weighted by atomic mass is 10.00. The quantitative estimate of drug-likeness (QED) is 0.0308. The van der Waals surface area contributed by atoms with Gasteiger partial charge in [0.15, 0.2) is 0 Å². The van der Waals surface area contributed by atoms with Crippen molar-refractivity contribution in [1.82, 2.24) is 5.32 Å².